The van der Waals surface area contributed by atoms with Gasteiger partial charge in [0.1, 0.15) is 10.8 Å². The van der Waals surface area contributed by atoms with E-state index >= 15 is 0 Å². The fraction of sp³-hybridized carbons (Fsp3) is 0.167. The normalized spacial score (nSPS) is 10.2. The quantitative estimate of drug-likeness (QED) is 0.844. The van der Waals surface area contributed by atoms with Gasteiger partial charge < -0.3 is 5.32 Å². The maximum absolute atomic E-state index is 11.8. The monoisotopic (exact) mass is 262 g/mol. The third-order valence-electron chi connectivity index (χ3n) is 2.29. The third kappa shape index (κ3) is 2.81. The number of anilines is 1. The van der Waals surface area contributed by atoms with E-state index in [0.717, 1.165) is 11.3 Å². The Kier molecular flexibility index (Phi) is 3.53. The molecule has 0 spiro atoms. The van der Waals surface area contributed by atoms with E-state index < -0.39 is 0 Å². The zero-order valence-electron chi connectivity index (χ0n) is 9.94. The summed E-state index contributed by atoms with van der Waals surface area (Å²) in [7, 11) is 0. The molecule has 0 aliphatic heterocycles. The Morgan fingerprint density at radius 1 is 1.17 bits per heavy atom. The molecule has 1 N–H and O–H groups in total. The summed E-state index contributed by atoms with van der Waals surface area (Å²) in [6.45, 7) is 3.62. The highest BCUT2D eigenvalue weighted by molar-refractivity contribution is 6.30. The van der Waals surface area contributed by atoms with E-state index in [2.05, 4.69) is 20.3 Å². The molecule has 2 aromatic heterocycles. The maximum atomic E-state index is 11.8. The van der Waals surface area contributed by atoms with Crippen molar-refractivity contribution in [3.8, 4) is 0 Å². The van der Waals surface area contributed by atoms with Gasteiger partial charge in [0.15, 0.2) is 0 Å². The molecule has 0 aliphatic carbocycles. The van der Waals surface area contributed by atoms with Crippen molar-refractivity contribution in [3.63, 3.8) is 0 Å². The van der Waals surface area contributed by atoms with E-state index in [-0.39, 0.29) is 11.6 Å². The van der Waals surface area contributed by atoms with Gasteiger partial charge in [-0.2, -0.15) is 0 Å². The number of halogens is 1. The number of hydrogen-bond donors (Lipinski definition) is 1. The number of carbonyl (C=O) groups is 1. The van der Waals surface area contributed by atoms with Gasteiger partial charge in [-0.1, -0.05) is 11.6 Å². The van der Waals surface area contributed by atoms with Crippen LogP contribution in [0.3, 0.4) is 0 Å². The minimum Gasteiger partial charge on any atom is -0.319 e. The van der Waals surface area contributed by atoms with E-state index in [1.807, 2.05) is 6.92 Å². The predicted molar refractivity (Wildman–Crippen MR) is 68.7 cm³/mol. The third-order valence-corrected chi connectivity index (χ3v) is 2.68. The molecule has 0 aromatic carbocycles. The topological polar surface area (TPSA) is 67.8 Å². The van der Waals surface area contributed by atoms with Crippen molar-refractivity contribution in [2.75, 3.05) is 5.32 Å². The van der Waals surface area contributed by atoms with Gasteiger partial charge in [-0.25, -0.2) is 9.97 Å². The maximum Gasteiger partial charge on any atom is 0.275 e. The smallest absolute Gasteiger partial charge is 0.275 e. The number of nitrogens with zero attached hydrogens (tertiary/aromatic N) is 3. The SMILES string of the molecule is Cc1cnc(C(=O)Nc2cnc(Cl)c(C)c2)cn1. The molecule has 0 saturated heterocycles. The second-order valence-electron chi connectivity index (χ2n) is 3.83. The largest absolute Gasteiger partial charge is 0.319 e. The molecule has 1 amide bonds. The van der Waals surface area contributed by atoms with Gasteiger partial charge in [-0.05, 0) is 25.5 Å². The van der Waals surface area contributed by atoms with Gasteiger partial charge in [0.2, 0.25) is 0 Å². The summed E-state index contributed by atoms with van der Waals surface area (Å²) in [5, 5.41) is 3.10. The highest BCUT2D eigenvalue weighted by Gasteiger charge is 2.08. The Morgan fingerprint density at radius 3 is 2.56 bits per heavy atom. The van der Waals surface area contributed by atoms with Crippen LogP contribution in [0.15, 0.2) is 24.7 Å². The van der Waals surface area contributed by atoms with E-state index in [0.29, 0.717) is 10.8 Å². The summed E-state index contributed by atoms with van der Waals surface area (Å²) in [5.74, 6) is -0.328. The van der Waals surface area contributed by atoms with Gasteiger partial charge in [0, 0.05) is 6.20 Å². The molecule has 0 atom stereocenters. The molecule has 6 heteroatoms. The van der Waals surface area contributed by atoms with Gasteiger partial charge in [0.05, 0.1) is 23.8 Å². The average molecular weight is 263 g/mol. The first-order valence-corrected chi connectivity index (χ1v) is 5.66. The van der Waals surface area contributed by atoms with Crippen LogP contribution in [0.1, 0.15) is 21.7 Å². The van der Waals surface area contributed by atoms with Crippen molar-refractivity contribution in [1.82, 2.24) is 15.0 Å². The standard InChI is InChI=1S/C12H11ClN4O/c1-7-3-9(5-16-11(7)13)17-12(18)10-6-14-8(2)4-15-10/h3-6H,1-2H3,(H,17,18). The van der Waals surface area contributed by atoms with Gasteiger partial charge in [0.25, 0.3) is 5.91 Å². The molecule has 0 radical (unpaired) electrons. The van der Waals surface area contributed by atoms with Gasteiger partial charge in [-0.3, -0.25) is 9.78 Å². The minimum atomic E-state index is -0.328. The summed E-state index contributed by atoms with van der Waals surface area (Å²) < 4.78 is 0. The number of aromatic nitrogens is 3. The van der Waals surface area contributed by atoms with E-state index in [1.54, 1.807) is 19.2 Å². The highest BCUT2D eigenvalue weighted by Crippen LogP contribution is 2.16. The number of nitrogens with one attached hydrogen (secondary N) is 1. The highest BCUT2D eigenvalue weighted by atomic mass is 35.5. The lowest BCUT2D eigenvalue weighted by molar-refractivity contribution is 0.102. The molecule has 0 saturated carbocycles. The van der Waals surface area contributed by atoms with Crippen LogP contribution in [0.25, 0.3) is 0 Å². The predicted octanol–water partition coefficient (Wildman–Crippen LogP) is 2.39. The molecular weight excluding hydrogens is 252 g/mol. The Morgan fingerprint density at radius 2 is 1.94 bits per heavy atom. The second kappa shape index (κ2) is 5.10. The van der Waals surface area contributed by atoms with Crippen molar-refractivity contribution >= 4 is 23.2 Å². The first-order chi connectivity index (χ1) is 8.56. The molecule has 0 fully saturated rings. The van der Waals surface area contributed by atoms with Crippen LogP contribution in [-0.2, 0) is 0 Å². The van der Waals surface area contributed by atoms with E-state index in [9.17, 15) is 4.79 Å². The Labute approximate surface area is 109 Å². The minimum absolute atomic E-state index is 0.258. The van der Waals surface area contributed by atoms with Crippen LogP contribution in [0.4, 0.5) is 5.69 Å². The first-order valence-electron chi connectivity index (χ1n) is 5.28. The van der Waals surface area contributed by atoms with Crippen LogP contribution in [0.2, 0.25) is 5.15 Å². The van der Waals surface area contributed by atoms with Crippen LogP contribution in [-0.4, -0.2) is 20.9 Å². The van der Waals surface area contributed by atoms with Crippen molar-refractivity contribution in [2.45, 2.75) is 13.8 Å². The molecule has 2 heterocycles. The van der Waals surface area contributed by atoms with Crippen molar-refractivity contribution in [3.05, 3.63) is 46.8 Å². The number of hydrogen-bond acceptors (Lipinski definition) is 4. The fourth-order valence-electron chi connectivity index (χ4n) is 1.33. The number of rotatable bonds is 2. The summed E-state index contributed by atoms with van der Waals surface area (Å²) in [4.78, 5) is 23.8. The summed E-state index contributed by atoms with van der Waals surface area (Å²) in [5.41, 5.74) is 2.39. The molecule has 0 aliphatic rings. The summed E-state index contributed by atoms with van der Waals surface area (Å²) in [6.07, 6.45) is 4.47. The lowest BCUT2D eigenvalue weighted by atomic mass is 10.3. The molecule has 92 valence electrons. The first kappa shape index (κ1) is 12.4. The van der Waals surface area contributed by atoms with Crippen LogP contribution in [0.5, 0.6) is 0 Å². The second-order valence-corrected chi connectivity index (χ2v) is 4.19. The molecule has 2 rings (SSSR count). The molecule has 5 nitrogen and oxygen atoms in total. The molecule has 0 unspecified atom stereocenters. The van der Waals surface area contributed by atoms with Gasteiger partial charge in [-0.15, -0.1) is 0 Å². The summed E-state index contributed by atoms with van der Waals surface area (Å²) >= 11 is 5.81. The zero-order chi connectivity index (χ0) is 13.1. The number of amides is 1. The van der Waals surface area contributed by atoms with Crippen molar-refractivity contribution in [1.29, 1.82) is 0 Å². The Hall–Kier alpha value is -2.01. The van der Waals surface area contributed by atoms with E-state index in [1.165, 1.54) is 12.4 Å². The molecular formula is C12H11ClN4O. The van der Waals surface area contributed by atoms with E-state index in [4.69, 9.17) is 11.6 Å². The van der Waals surface area contributed by atoms with Crippen LogP contribution >= 0.6 is 11.6 Å². The number of pyridine rings is 1. The number of carbonyl (C=O) groups excluding carboxylic acids is 1. The zero-order valence-corrected chi connectivity index (χ0v) is 10.7. The van der Waals surface area contributed by atoms with Crippen LogP contribution < -0.4 is 5.32 Å². The average Bonchev–Trinajstić information content (AvgIpc) is 2.34. The van der Waals surface area contributed by atoms with Crippen LogP contribution in [0, 0.1) is 13.8 Å². The fourth-order valence-corrected chi connectivity index (χ4v) is 1.43. The van der Waals surface area contributed by atoms with Crippen molar-refractivity contribution in [2.24, 2.45) is 0 Å². The lowest BCUT2D eigenvalue weighted by Crippen LogP contribution is -2.14. The van der Waals surface area contributed by atoms with Crippen molar-refractivity contribution < 1.29 is 4.79 Å². The lowest BCUT2D eigenvalue weighted by Gasteiger charge is -2.05. The molecule has 0 bridgehead atoms. The summed E-state index contributed by atoms with van der Waals surface area (Å²) in [6, 6.07) is 1.74. The Balaban J connectivity index is 2.16. The molecule has 2 aromatic rings. The van der Waals surface area contributed by atoms with Gasteiger partial charge >= 0.3 is 0 Å². The molecule has 18 heavy (non-hydrogen) atoms. The Bertz CT molecular complexity index is 583. The number of aryl methyl sites for hydroxylation is 2.